The van der Waals surface area contributed by atoms with Crippen molar-refractivity contribution in [3.8, 4) is 0 Å². The van der Waals surface area contributed by atoms with Crippen LogP contribution in [0.25, 0.3) is 0 Å². The normalized spacial score (nSPS) is 14.3. The molecule has 2 aromatic rings. The lowest BCUT2D eigenvalue weighted by molar-refractivity contribution is 0.102. The third kappa shape index (κ3) is 3.23. The Bertz CT molecular complexity index is 542. The molecule has 4 nitrogen and oxygen atoms in total. The van der Waals surface area contributed by atoms with E-state index in [1.54, 1.807) is 6.07 Å². The van der Waals surface area contributed by atoms with Crippen LogP contribution in [-0.4, -0.2) is 11.9 Å². The van der Waals surface area contributed by atoms with Crippen LogP contribution in [0.1, 0.15) is 28.8 Å². The minimum atomic E-state index is -0.155. The van der Waals surface area contributed by atoms with Crippen LogP contribution in [0.3, 0.4) is 0 Å². The van der Waals surface area contributed by atoms with Gasteiger partial charge in [-0.1, -0.05) is 12.1 Å². The topological polar surface area (TPSA) is 54.3 Å². The Labute approximate surface area is 111 Å². The molecular formula is C15H16N2O2. The summed E-state index contributed by atoms with van der Waals surface area (Å²) in [6.07, 6.45) is 5.50. The smallest absolute Gasteiger partial charge is 0.258 e. The number of carbonyl (C=O) groups excluding carboxylic acids is 1. The van der Waals surface area contributed by atoms with Crippen LogP contribution in [0.4, 0.5) is 5.69 Å². The Kier molecular flexibility index (Phi) is 3.33. The number of carbonyl (C=O) groups is 1. The molecule has 0 atom stereocenters. The third-order valence-electron chi connectivity index (χ3n) is 3.17. The zero-order valence-corrected chi connectivity index (χ0v) is 10.6. The van der Waals surface area contributed by atoms with Crippen LogP contribution in [-0.2, 0) is 6.54 Å². The number of hydrogen-bond acceptors (Lipinski definition) is 3. The second-order valence-corrected chi connectivity index (χ2v) is 4.82. The van der Waals surface area contributed by atoms with Crippen LogP contribution in [0.5, 0.6) is 0 Å². The van der Waals surface area contributed by atoms with Crippen LogP contribution in [0.15, 0.2) is 47.3 Å². The molecule has 0 saturated heterocycles. The minimum absolute atomic E-state index is 0.155. The molecule has 0 radical (unpaired) electrons. The molecule has 1 saturated carbocycles. The van der Waals surface area contributed by atoms with Gasteiger partial charge in [0.25, 0.3) is 5.91 Å². The molecule has 98 valence electrons. The average molecular weight is 256 g/mol. The number of anilines is 1. The number of benzene rings is 1. The van der Waals surface area contributed by atoms with E-state index in [0.717, 1.165) is 12.2 Å². The molecule has 1 amide bonds. The van der Waals surface area contributed by atoms with E-state index < -0.39 is 0 Å². The van der Waals surface area contributed by atoms with Crippen molar-refractivity contribution in [2.24, 2.45) is 0 Å². The average Bonchev–Trinajstić information content (AvgIpc) is 3.09. The summed E-state index contributed by atoms with van der Waals surface area (Å²) in [5.41, 5.74) is 2.55. The van der Waals surface area contributed by atoms with Gasteiger partial charge in [-0.15, -0.1) is 0 Å². The molecule has 1 aromatic heterocycles. The largest absolute Gasteiger partial charge is 0.472 e. The van der Waals surface area contributed by atoms with Crippen LogP contribution >= 0.6 is 0 Å². The number of furan rings is 1. The van der Waals surface area contributed by atoms with Crippen LogP contribution in [0.2, 0.25) is 0 Å². The van der Waals surface area contributed by atoms with Crippen molar-refractivity contribution in [1.29, 1.82) is 0 Å². The molecule has 0 unspecified atom stereocenters. The molecule has 3 rings (SSSR count). The highest BCUT2D eigenvalue weighted by Crippen LogP contribution is 2.19. The molecule has 1 heterocycles. The SMILES string of the molecule is O=C(Nc1ccc(CNC2CC2)cc1)c1ccoc1. The van der Waals surface area contributed by atoms with E-state index in [1.807, 2.05) is 24.3 Å². The van der Waals surface area contributed by atoms with Gasteiger partial charge in [0, 0.05) is 18.3 Å². The second-order valence-electron chi connectivity index (χ2n) is 4.82. The summed E-state index contributed by atoms with van der Waals surface area (Å²) in [5.74, 6) is -0.155. The van der Waals surface area contributed by atoms with E-state index in [0.29, 0.717) is 11.6 Å². The zero-order valence-electron chi connectivity index (χ0n) is 10.6. The van der Waals surface area contributed by atoms with Crippen molar-refractivity contribution in [2.45, 2.75) is 25.4 Å². The van der Waals surface area contributed by atoms with Crippen molar-refractivity contribution in [3.05, 3.63) is 54.0 Å². The summed E-state index contributed by atoms with van der Waals surface area (Å²) in [7, 11) is 0. The molecule has 1 aromatic carbocycles. The van der Waals surface area contributed by atoms with Crippen LogP contribution in [0, 0.1) is 0 Å². The Morgan fingerprint density at radius 2 is 2.00 bits per heavy atom. The highest BCUT2D eigenvalue weighted by Gasteiger charge is 2.19. The van der Waals surface area contributed by atoms with Gasteiger partial charge < -0.3 is 15.1 Å². The van der Waals surface area contributed by atoms with Gasteiger partial charge in [-0.2, -0.15) is 0 Å². The first-order chi connectivity index (χ1) is 9.31. The first kappa shape index (κ1) is 12.0. The summed E-state index contributed by atoms with van der Waals surface area (Å²) in [6.45, 7) is 0.890. The molecule has 1 aliphatic carbocycles. The lowest BCUT2D eigenvalue weighted by Gasteiger charge is -2.06. The second kappa shape index (κ2) is 5.28. The molecule has 0 aliphatic heterocycles. The number of amides is 1. The standard InChI is InChI=1S/C15H16N2O2/c18-15(12-7-8-19-10-12)17-14-3-1-11(2-4-14)9-16-13-5-6-13/h1-4,7-8,10,13,16H,5-6,9H2,(H,17,18). The Morgan fingerprint density at radius 3 is 2.63 bits per heavy atom. The molecule has 0 bridgehead atoms. The first-order valence-electron chi connectivity index (χ1n) is 6.47. The van der Waals surface area contributed by atoms with Gasteiger partial charge in [0.2, 0.25) is 0 Å². The van der Waals surface area contributed by atoms with Crippen molar-refractivity contribution in [1.82, 2.24) is 5.32 Å². The van der Waals surface area contributed by atoms with E-state index in [9.17, 15) is 4.79 Å². The molecule has 19 heavy (non-hydrogen) atoms. The number of hydrogen-bond donors (Lipinski definition) is 2. The Morgan fingerprint density at radius 1 is 1.21 bits per heavy atom. The van der Waals surface area contributed by atoms with E-state index >= 15 is 0 Å². The lowest BCUT2D eigenvalue weighted by atomic mass is 10.2. The summed E-state index contributed by atoms with van der Waals surface area (Å²) in [4.78, 5) is 11.8. The quantitative estimate of drug-likeness (QED) is 0.865. The van der Waals surface area contributed by atoms with Gasteiger partial charge in [0.1, 0.15) is 6.26 Å². The van der Waals surface area contributed by atoms with Crippen molar-refractivity contribution >= 4 is 11.6 Å². The predicted octanol–water partition coefficient (Wildman–Crippen LogP) is 2.78. The first-order valence-corrected chi connectivity index (χ1v) is 6.47. The van der Waals surface area contributed by atoms with Crippen molar-refractivity contribution < 1.29 is 9.21 Å². The van der Waals surface area contributed by atoms with Crippen LogP contribution < -0.4 is 10.6 Å². The molecule has 0 spiro atoms. The van der Waals surface area contributed by atoms with Crippen molar-refractivity contribution in [3.63, 3.8) is 0 Å². The minimum Gasteiger partial charge on any atom is -0.472 e. The van der Waals surface area contributed by atoms with Gasteiger partial charge in [-0.3, -0.25) is 4.79 Å². The van der Waals surface area contributed by atoms with E-state index in [2.05, 4.69) is 10.6 Å². The molecular weight excluding hydrogens is 240 g/mol. The van der Waals surface area contributed by atoms with Gasteiger partial charge in [0.15, 0.2) is 0 Å². The highest BCUT2D eigenvalue weighted by molar-refractivity contribution is 6.03. The molecule has 1 fully saturated rings. The highest BCUT2D eigenvalue weighted by atomic mass is 16.3. The zero-order chi connectivity index (χ0) is 13.1. The summed E-state index contributed by atoms with van der Waals surface area (Å²) >= 11 is 0. The monoisotopic (exact) mass is 256 g/mol. The van der Waals surface area contributed by atoms with Crippen molar-refractivity contribution in [2.75, 3.05) is 5.32 Å². The van der Waals surface area contributed by atoms with Gasteiger partial charge in [-0.05, 0) is 36.6 Å². The molecule has 4 heteroatoms. The number of nitrogens with one attached hydrogen (secondary N) is 2. The van der Waals surface area contributed by atoms with Gasteiger partial charge in [-0.25, -0.2) is 0 Å². The summed E-state index contributed by atoms with van der Waals surface area (Å²) in [5, 5.41) is 6.29. The fraction of sp³-hybridized carbons (Fsp3) is 0.267. The summed E-state index contributed by atoms with van der Waals surface area (Å²) in [6, 6.07) is 10.2. The maximum Gasteiger partial charge on any atom is 0.258 e. The van der Waals surface area contributed by atoms with E-state index in [1.165, 1.54) is 30.9 Å². The number of rotatable bonds is 5. The fourth-order valence-electron chi connectivity index (χ4n) is 1.85. The third-order valence-corrected chi connectivity index (χ3v) is 3.17. The maximum atomic E-state index is 11.8. The molecule has 1 aliphatic rings. The predicted molar refractivity (Wildman–Crippen MR) is 73.0 cm³/mol. The van der Waals surface area contributed by atoms with Gasteiger partial charge >= 0.3 is 0 Å². The molecule has 2 N–H and O–H groups in total. The Hall–Kier alpha value is -2.07. The lowest BCUT2D eigenvalue weighted by Crippen LogP contribution is -2.15. The van der Waals surface area contributed by atoms with E-state index in [-0.39, 0.29) is 5.91 Å². The van der Waals surface area contributed by atoms with Gasteiger partial charge in [0.05, 0.1) is 11.8 Å². The fourth-order valence-corrected chi connectivity index (χ4v) is 1.85. The van der Waals surface area contributed by atoms with E-state index in [4.69, 9.17) is 4.42 Å². The summed E-state index contributed by atoms with van der Waals surface area (Å²) < 4.78 is 4.88. The maximum absolute atomic E-state index is 11.8. The Balaban J connectivity index is 1.57.